The third-order valence-electron chi connectivity index (χ3n) is 4.10. The predicted molar refractivity (Wildman–Crippen MR) is 85.1 cm³/mol. The highest BCUT2D eigenvalue weighted by molar-refractivity contribution is 5.74. The van der Waals surface area contributed by atoms with Crippen LogP contribution in [0.5, 0.6) is 5.75 Å². The van der Waals surface area contributed by atoms with Crippen molar-refractivity contribution in [2.75, 3.05) is 26.2 Å². The summed E-state index contributed by atoms with van der Waals surface area (Å²) in [7, 11) is 0. The molecule has 0 aliphatic carbocycles. The van der Waals surface area contributed by atoms with Crippen molar-refractivity contribution in [1.82, 2.24) is 5.43 Å². The van der Waals surface area contributed by atoms with E-state index >= 15 is 0 Å². The molecule has 5 nitrogen and oxygen atoms in total. The van der Waals surface area contributed by atoms with E-state index in [0.29, 0.717) is 17.6 Å². The number of nitrogens with zero attached hydrogens (tertiary/aromatic N) is 1. The van der Waals surface area contributed by atoms with Gasteiger partial charge in [0.25, 0.3) is 5.91 Å². The molecule has 1 heterocycles. The number of nitrogens with one attached hydrogen (secondary N) is 1. The van der Waals surface area contributed by atoms with Gasteiger partial charge in [0.15, 0.2) is 0 Å². The number of benzene rings is 1. The number of carbonyl (C=O) groups is 1. The fourth-order valence-corrected chi connectivity index (χ4v) is 2.97. The van der Waals surface area contributed by atoms with Crippen LogP contribution in [0.25, 0.3) is 0 Å². The molecule has 0 radical (unpaired) electrons. The summed E-state index contributed by atoms with van der Waals surface area (Å²) in [6, 6.07) is 9.48. The fraction of sp³-hybridized carbons (Fsp3) is 0.588. The van der Waals surface area contributed by atoms with Crippen LogP contribution in [0.15, 0.2) is 30.3 Å². The van der Waals surface area contributed by atoms with Gasteiger partial charge in [-0.15, -0.1) is 0 Å². The van der Waals surface area contributed by atoms with E-state index in [1.54, 1.807) is 0 Å². The summed E-state index contributed by atoms with van der Waals surface area (Å²) in [6.45, 7) is 4.36. The van der Waals surface area contributed by atoms with E-state index in [1.165, 1.54) is 6.42 Å². The van der Waals surface area contributed by atoms with Crippen LogP contribution in [0.3, 0.4) is 0 Å². The molecule has 1 aromatic rings. The van der Waals surface area contributed by atoms with E-state index in [9.17, 15) is 9.90 Å². The van der Waals surface area contributed by atoms with Crippen molar-refractivity contribution in [1.29, 1.82) is 0 Å². The SMILES string of the molecule is CCC(=O)N[N+]1(CC(O)COc2ccccc2)CCCCC1. The highest BCUT2D eigenvalue weighted by Crippen LogP contribution is 2.18. The number of aliphatic hydroxyl groups is 1. The quantitative estimate of drug-likeness (QED) is 0.756. The maximum absolute atomic E-state index is 11.8. The lowest BCUT2D eigenvalue weighted by molar-refractivity contribution is -0.967. The Balaban J connectivity index is 1.90. The molecule has 122 valence electrons. The van der Waals surface area contributed by atoms with Gasteiger partial charge in [0.05, 0.1) is 0 Å². The molecule has 22 heavy (non-hydrogen) atoms. The Morgan fingerprint density at radius 3 is 2.59 bits per heavy atom. The first kappa shape index (κ1) is 16.8. The number of carbonyl (C=O) groups excluding carboxylic acids is 1. The molecule has 1 aliphatic rings. The Labute approximate surface area is 132 Å². The van der Waals surface area contributed by atoms with Gasteiger partial charge in [-0.05, 0) is 31.4 Å². The molecule has 0 saturated carbocycles. The van der Waals surface area contributed by atoms with Crippen molar-refractivity contribution in [2.45, 2.75) is 38.7 Å². The summed E-state index contributed by atoms with van der Waals surface area (Å²) >= 11 is 0. The second-order valence-corrected chi connectivity index (χ2v) is 6.00. The standard InChI is InChI=1S/C17H26N2O3/c1-2-17(21)18-19(11-7-4-8-12-19)13-15(20)14-22-16-9-5-3-6-10-16/h3,5-6,9-10,15,20H,2,4,7-8,11-14H2,1H3/p+1. The average Bonchev–Trinajstić information content (AvgIpc) is 2.54. The van der Waals surface area contributed by atoms with Crippen LogP contribution in [0.2, 0.25) is 0 Å². The average molecular weight is 307 g/mol. The first-order chi connectivity index (χ1) is 10.6. The Kier molecular flexibility index (Phi) is 6.21. The number of para-hydroxylation sites is 1. The number of piperidine rings is 1. The number of hydrogen-bond donors (Lipinski definition) is 2. The van der Waals surface area contributed by atoms with Crippen molar-refractivity contribution in [3.63, 3.8) is 0 Å². The first-order valence-corrected chi connectivity index (χ1v) is 8.17. The van der Waals surface area contributed by atoms with E-state index in [0.717, 1.165) is 31.7 Å². The summed E-state index contributed by atoms with van der Waals surface area (Å²) in [6.07, 6.45) is 3.22. The minimum atomic E-state index is -0.601. The smallest absolute Gasteiger partial charge is 0.264 e. The largest absolute Gasteiger partial charge is 0.491 e. The molecule has 1 aliphatic heterocycles. The van der Waals surface area contributed by atoms with Crippen molar-refractivity contribution >= 4 is 5.91 Å². The van der Waals surface area contributed by atoms with Crippen molar-refractivity contribution in [3.8, 4) is 5.75 Å². The Morgan fingerprint density at radius 2 is 1.95 bits per heavy atom. The molecule has 1 amide bonds. The molecule has 2 rings (SSSR count). The third-order valence-corrected chi connectivity index (χ3v) is 4.10. The third kappa shape index (κ3) is 5.00. The van der Waals surface area contributed by atoms with E-state index < -0.39 is 6.10 Å². The Hall–Kier alpha value is -1.59. The number of likely N-dealkylation sites (tertiary alicyclic amines) is 1. The van der Waals surface area contributed by atoms with Crippen LogP contribution in [-0.4, -0.2) is 48.0 Å². The van der Waals surface area contributed by atoms with Crippen LogP contribution in [-0.2, 0) is 4.79 Å². The Morgan fingerprint density at radius 1 is 1.27 bits per heavy atom. The molecule has 0 aromatic heterocycles. The van der Waals surface area contributed by atoms with Gasteiger partial charge in [-0.25, -0.2) is 10.0 Å². The highest BCUT2D eigenvalue weighted by atomic mass is 16.5. The van der Waals surface area contributed by atoms with Crippen LogP contribution in [0.1, 0.15) is 32.6 Å². The molecule has 0 spiro atoms. The zero-order chi connectivity index (χ0) is 15.8. The van der Waals surface area contributed by atoms with Crippen LogP contribution < -0.4 is 10.2 Å². The maximum Gasteiger partial charge on any atom is 0.264 e. The first-order valence-electron chi connectivity index (χ1n) is 8.17. The predicted octanol–water partition coefficient (Wildman–Crippen LogP) is 1.87. The van der Waals surface area contributed by atoms with E-state index in [2.05, 4.69) is 5.43 Å². The Bertz CT molecular complexity index is 458. The molecular formula is C17H27N2O3+. The van der Waals surface area contributed by atoms with Gasteiger partial charge >= 0.3 is 0 Å². The summed E-state index contributed by atoms with van der Waals surface area (Å²) < 4.78 is 6.09. The summed E-state index contributed by atoms with van der Waals surface area (Å²) in [5.41, 5.74) is 3.09. The second-order valence-electron chi connectivity index (χ2n) is 6.00. The lowest BCUT2D eigenvalue weighted by Crippen LogP contribution is -2.65. The van der Waals surface area contributed by atoms with E-state index in [4.69, 9.17) is 4.74 Å². The second kappa shape index (κ2) is 8.15. The van der Waals surface area contributed by atoms with E-state index in [1.807, 2.05) is 37.3 Å². The van der Waals surface area contributed by atoms with Crippen molar-refractivity contribution in [2.24, 2.45) is 0 Å². The van der Waals surface area contributed by atoms with Crippen molar-refractivity contribution in [3.05, 3.63) is 30.3 Å². The monoisotopic (exact) mass is 307 g/mol. The molecule has 2 N–H and O–H groups in total. The van der Waals surface area contributed by atoms with Gasteiger partial charge in [0, 0.05) is 6.42 Å². The molecule has 1 aromatic carbocycles. The van der Waals surface area contributed by atoms with Crippen LogP contribution in [0.4, 0.5) is 0 Å². The minimum Gasteiger partial charge on any atom is -0.491 e. The van der Waals surface area contributed by atoms with Gasteiger partial charge in [0.1, 0.15) is 38.1 Å². The maximum atomic E-state index is 11.8. The zero-order valence-corrected chi connectivity index (χ0v) is 13.3. The number of aliphatic hydroxyl groups excluding tert-OH is 1. The van der Waals surface area contributed by atoms with Gasteiger partial charge in [-0.1, -0.05) is 25.1 Å². The van der Waals surface area contributed by atoms with E-state index in [-0.39, 0.29) is 12.5 Å². The number of hydrogen-bond acceptors (Lipinski definition) is 3. The number of rotatable bonds is 7. The topological polar surface area (TPSA) is 58.6 Å². The molecule has 1 saturated heterocycles. The molecule has 1 fully saturated rings. The lowest BCUT2D eigenvalue weighted by Gasteiger charge is -2.41. The van der Waals surface area contributed by atoms with Crippen LogP contribution in [0, 0.1) is 0 Å². The number of ether oxygens (including phenoxy) is 1. The normalized spacial score (nSPS) is 18.5. The summed E-state index contributed by atoms with van der Waals surface area (Å²) in [5.74, 6) is 0.794. The minimum absolute atomic E-state index is 0.0399. The fourth-order valence-electron chi connectivity index (χ4n) is 2.97. The molecule has 1 atom stereocenters. The summed E-state index contributed by atoms with van der Waals surface area (Å²) in [5, 5.41) is 10.3. The van der Waals surface area contributed by atoms with Crippen LogP contribution >= 0.6 is 0 Å². The zero-order valence-electron chi connectivity index (χ0n) is 13.3. The van der Waals surface area contributed by atoms with Crippen molar-refractivity contribution < 1.29 is 19.2 Å². The molecule has 1 unspecified atom stereocenters. The lowest BCUT2D eigenvalue weighted by atomic mass is 10.1. The highest BCUT2D eigenvalue weighted by Gasteiger charge is 2.34. The number of amides is 1. The van der Waals surface area contributed by atoms with Gasteiger partial charge in [0.2, 0.25) is 0 Å². The molecular weight excluding hydrogens is 280 g/mol. The van der Waals surface area contributed by atoms with Gasteiger partial charge < -0.3 is 9.84 Å². The number of quaternary nitrogens is 1. The van der Waals surface area contributed by atoms with Gasteiger partial charge in [-0.2, -0.15) is 0 Å². The van der Waals surface area contributed by atoms with Gasteiger partial charge in [-0.3, -0.25) is 4.79 Å². The summed E-state index contributed by atoms with van der Waals surface area (Å²) in [4.78, 5) is 11.8. The molecule has 0 bridgehead atoms. The molecule has 5 heteroatoms.